The van der Waals surface area contributed by atoms with Crippen LogP contribution in [0.3, 0.4) is 0 Å². The fourth-order valence-corrected chi connectivity index (χ4v) is 4.35. The van der Waals surface area contributed by atoms with Crippen LogP contribution in [0.25, 0.3) is 11.0 Å². The maximum absolute atomic E-state index is 12.6. The molecule has 2 aliphatic heterocycles. The Bertz CT molecular complexity index is 777. The molecule has 2 aliphatic rings. The number of H-pyrrole nitrogens is 1. The number of aromatic amines is 1. The van der Waals surface area contributed by atoms with Gasteiger partial charge in [-0.1, -0.05) is 15.9 Å². The summed E-state index contributed by atoms with van der Waals surface area (Å²) in [6.45, 7) is 8.58. The van der Waals surface area contributed by atoms with Gasteiger partial charge in [-0.2, -0.15) is 0 Å². The van der Waals surface area contributed by atoms with Gasteiger partial charge in [0.25, 0.3) is 0 Å². The van der Waals surface area contributed by atoms with Gasteiger partial charge in [-0.3, -0.25) is 14.6 Å². The molecule has 7 heteroatoms. The van der Waals surface area contributed by atoms with Crippen LogP contribution in [0.15, 0.2) is 22.7 Å². The Kier molecular flexibility index (Phi) is 5.29. The Morgan fingerprint density at radius 2 is 1.92 bits per heavy atom. The van der Waals surface area contributed by atoms with Gasteiger partial charge in [-0.15, -0.1) is 0 Å². The second-order valence-corrected chi connectivity index (χ2v) is 8.28. The summed E-state index contributed by atoms with van der Waals surface area (Å²) in [4.78, 5) is 27.5. The van der Waals surface area contributed by atoms with Crippen LogP contribution in [0.5, 0.6) is 0 Å². The number of carbonyl (C=O) groups excluding carboxylic acids is 1. The molecule has 0 bridgehead atoms. The van der Waals surface area contributed by atoms with Crippen molar-refractivity contribution < 1.29 is 4.79 Å². The molecule has 1 aromatic carbocycles. The fraction of sp³-hybridized carbons (Fsp3) is 0.579. The number of nitrogens with one attached hydrogen (secondary N) is 1. The Morgan fingerprint density at radius 1 is 1.19 bits per heavy atom. The quantitative estimate of drug-likeness (QED) is 0.826. The average Bonchev–Trinajstić information content (AvgIpc) is 3.30. The smallest absolute Gasteiger partial charge is 0.239 e. The number of amides is 1. The molecule has 26 heavy (non-hydrogen) atoms. The molecule has 6 nitrogen and oxygen atoms in total. The number of imidazole rings is 1. The highest BCUT2D eigenvalue weighted by atomic mass is 79.9. The van der Waals surface area contributed by atoms with Crippen molar-refractivity contribution in [3.63, 3.8) is 0 Å². The van der Waals surface area contributed by atoms with Crippen LogP contribution in [-0.4, -0.2) is 75.9 Å². The number of piperazine rings is 1. The van der Waals surface area contributed by atoms with Crippen LogP contribution in [0.2, 0.25) is 0 Å². The minimum Gasteiger partial charge on any atom is -0.341 e. The summed E-state index contributed by atoms with van der Waals surface area (Å²) in [6.07, 6.45) is 2.31. The molecule has 1 aromatic heterocycles. The maximum Gasteiger partial charge on any atom is 0.239 e. The molecule has 0 spiro atoms. The van der Waals surface area contributed by atoms with Crippen molar-refractivity contribution >= 4 is 32.9 Å². The Balaban J connectivity index is 1.32. The molecule has 0 aliphatic carbocycles. The molecule has 2 aromatic rings. The summed E-state index contributed by atoms with van der Waals surface area (Å²) in [5, 5.41) is 0. The highest BCUT2D eigenvalue weighted by Crippen LogP contribution is 2.19. The van der Waals surface area contributed by atoms with E-state index >= 15 is 0 Å². The molecule has 0 saturated carbocycles. The lowest BCUT2D eigenvalue weighted by Gasteiger charge is -2.38. The Morgan fingerprint density at radius 3 is 2.65 bits per heavy atom. The predicted molar refractivity (Wildman–Crippen MR) is 106 cm³/mol. The van der Waals surface area contributed by atoms with Crippen LogP contribution < -0.4 is 0 Å². The average molecular weight is 420 g/mol. The van der Waals surface area contributed by atoms with Crippen LogP contribution in [0.4, 0.5) is 0 Å². The summed E-state index contributed by atoms with van der Waals surface area (Å²) in [5.41, 5.74) is 2.07. The second-order valence-electron chi connectivity index (χ2n) is 7.37. The molecule has 2 fully saturated rings. The first-order valence-electron chi connectivity index (χ1n) is 9.49. The molecule has 1 atom stereocenters. The van der Waals surface area contributed by atoms with E-state index in [0.29, 0.717) is 5.91 Å². The van der Waals surface area contributed by atoms with E-state index in [1.165, 1.54) is 0 Å². The van der Waals surface area contributed by atoms with Gasteiger partial charge in [-0.05, 0) is 38.0 Å². The molecule has 1 amide bonds. The SMILES string of the molecule is C[C@H](C(=O)N1CCCC1)N1CCN(Cc2nc3ccc(Br)cc3[nH]2)CC1. The van der Waals surface area contributed by atoms with Gasteiger partial charge in [0.15, 0.2) is 0 Å². The molecule has 0 unspecified atom stereocenters. The zero-order valence-corrected chi connectivity index (χ0v) is 16.8. The molecule has 0 radical (unpaired) electrons. The molecule has 140 valence electrons. The van der Waals surface area contributed by atoms with Crippen molar-refractivity contribution in [3.8, 4) is 0 Å². The van der Waals surface area contributed by atoms with Crippen molar-refractivity contribution in [2.75, 3.05) is 39.3 Å². The molecular formula is C19H26BrN5O. The van der Waals surface area contributed by atoms with Gasteiger partial charge in [0, 0.05) is 43.7 Å². The van der Waals surface area contributed by atoms with Crippen molar-refractivity contribution in [3.05, 3.63) is 28.5 Å². The lowest BCUT2D eigenvalue weighted by molar-refractivity contribution is -0.136. The van der Waals surface area contributed by atoms with Gasteiger partial charge in [0.1, 0.15) is 5.82 Å². The number of hydrogen-bond acceptors (Lipinski definition) is 4. The number of fused-ring (bicyclic) bond motifs is 1. The van der Waals surface area contributed by atoms with Crippen molar-refractivity contribution in [2.45, 2.75) is 32.4 Å². The van der Waals surface area contributed by atoms with Crippen LogP contribution in [-0.2, 0) is 11.3 Å². The normalized spacial score (nSPS) is 20.8. The van der Waals surface area contributed by atoms with E-state index in [1.54, 1.807) is 0 Å². The minimum absolute atomic E-state index is 0.00111. The summed E-state index contributed by atoms with van der Waals surface area (Å²) in [7, 11) is 0. The first-order valence-corrected chi connectivity index (χ1v) is 10.3. The molecule has 1 N–H and O–H groups in total. The number of nitrogens with zero attached hydrogens (tertiary/aromatic N) is 4. The number of halogens is 1. The number of carbonyl (C=O) groups is 1. The zero-order chi connectivity index (χ0) is 18.1. The summed E-state index contributed by atoms with van der Waals surface area (Å²) >= 11 is 3.50. The third kappa shape index (κ3) is 3.80. The maximum atomic E-state index is 12.6. The van der Waals surface area contributed by atoms with Crippen molar-refractivity contribution in [1.82, 2.24) is 24.7 Å². The molecule has 2 saturated heterocycles. The summed E-state index contributed by atoms with van der Waals surface area (Å²) in [5.74, 6) is 1.31. The van der Waals surface area contributed by atoms with E-state index in [0.717, 1.165) is 80.0 Å². The number of rotatable bonds is 4. The Hall–Kier alpha value is -1.44. The van der Waals surface area contributed by atoms with Gasteiger partial charge in [0.05, 0.1) is 23.6 Å². The van der Waals surface area contributed by atoms with Gasteiger partial charge in [0.2, 0.25) is 5.91 Å². The van der Waals surface area contributed by atoms with Gasteiger partial charge in [-0.25, -0.2) is 4.98 Å². The minimum atomic E-state index is -0.00111. The molecular weight excluding hydrogens is 394 g/mol. The fourth-order valence-electron chi connectivity index (χ4n) is 3.99. The highest BCUT2D eigenvalue weighted by Gasteiger charge is 2.30. The first-order chi connectivity index (χ1) is 12.6. The number of hydrogen-bond donors (Lipinski definition) is 1. The van der Waals surface area contributed by atoms with Crippen molar-refractivity contribution in [2.24, 2.45) is 0 Å². The second kappa shape index (κ2) is 7.66. The number of likely N-dealkylation sites (tertiary alicyclic amines) is 1. The van der Waals surface area contributed by atoms with E-state index in [2.05, 4.69) is 43.7 Å². The van der Waals surface area contributed by atoms with Gasteiger partial charge >= 0.3 is 0 Å². The van der Waals surface area contributed by atoms with E-state index in [9.17, 15) is 4.79 Å². The number of benzene rings is 1. The summed E-state index contributed by atoms with van der Waals surface area (Å²) < 4.78 is 1.06. The van der Waals surface area contributed by atoms with Crippen LogP contribution in [0, 0.1) is 0 Å². The zero-order valence-electron chi connectivity index (χ0n) is 15.2. The highest BCUT2D eigenvalue weighted by molar-refractivity contribution is 9.10. The largest absolute Gasteiger partial charge is 0.341 e. The van der Waals surface area contributed by atoms with Gasteiger partial charge < -0.3 is 9.88 Å². The van der Waals surface area contributed by atoms with E-state index in [-0.39, 0.29) is 6.04 Å². The van der Waals surface area contributed by atoms with E-state index in [4.69, 9.17) is 4.98 Å². The lowest BCUT2D eigenvalue weighted by atomic mass is 10.2. The Labute approximate surface area is 162 Å². The number of aromatic nitrogens is 2. The van der Waals surface area contributed by atoms with E-state index in [1.807, 2.05) is 17.0 Å². The first kappa shape index (κ1) is 17.9. The van der Waals surface area contributed by atoms with E-state index < -0.39 is 0 Å². The predicted octanol–water partition coefficient (Wildman–Crippen LogP) is 2.45. The molecule has 3 heterocycles. The van der Waals surface area contributed by atoms with Crippen LogP contribution in [0.1, 0.15) is 25.6 Å². The summed E-state index contributed by atoms with van der Waals surface area (Å²) in [6, 6.07) is 6.11. The van der Waals surface area contributed by atoms with Crippen LogP contribution >= 0.6 is 15.9 Å². The third-order valence-corrected chi connectivity index (χ3v) is 6.09. The van der Waals surface area contributed by atoms with Crippen molar-refractivity contribution in [1.29, 1.82) is 0 Å². The monoisotopic (exact) mass is 419 g/mol. The lowest BCUT2D eigenvalue weighted by Crippen LogP contribution is -2.54. The standard InChI is InChI=1S/C19H26BrN5O/c1-14(19(26)25-6-2-3-7-25)24-10-8-23(9-11-24)13-18-21-16-5-4-15(20)12-17(16)22-18/h4-5,12,14H,2-3,6-11,13H2,1H3,(H,21,22)/t14-/m1/s1. The third-order valence-electron chi connectivity index (χ3n) is 5.60. The topological polar surface area (TPSA) is 55.5 Å². The molecule has 4 rings (SSSR count).